The number of amides is 1. The number of para-hydroxylation sites is 1. The van der Waals surface area contributed by atoms with Crippen LogP contribution in [0.25, 0.3) is 10.9 Å². The van der Waals surface area contributed by atoms with Crippen molar-refractivity contribution in [3.8, 4) is 0 Å². The van der Waals surface area contributed by atoms with E-state index in [-0.39, 0.29) is 11.5 Å². The van der Waals surface area contributed by atoms with Crippen LogP contribution in [-0.2, 0) is 16.8 Å². The van der Waals surface area contributed by atoms with Crippen molar-refractivity contribution in [3.63, 3.8) is 0 Å². The molecule has 0 bridgehead atoms. The fourth-order valence-corrected chi connectivity index (χ4v) is 8.05. The first-order valence-electron chi connectivity index (χ1n) is 14.3. The van der Waals surface area contributed by atoms with Gasteiger partial charge in [-0.15, -0.1) is 0 Å². The summed E-state index contributed by atoms with van der Waals surface area (Å²) in [7, 11) is 4.39. The van der Waals surface area contributed by atoms with E-state index in [2.05, 4.69) is 65.3 Å². The zero-order chi connectivity index (χ0) is 25.6. The van der Waals surface area contributed by atoms with Crippen LogP contribution in [0.1, 0.15) is 80.7 Å². The minimum absolute atomic E-state index is 0.206. The summed E-state index contributed by atoms with van der Waals surface area (Å²) in [5.41, 5.74) is 5.11. The monoisotopic (exact) mass is 517 g/mol. The Kier molecular flexibility index (Phi) is 6.83. The third-order valence-corrected chi connectivity index (χ3v) is 9.93. The highest BCUT2D eigenvalue weighted by Crippen LogP contribution is 2.52. The van der Waals surface area contributed by atoms with E-state index in [9.17, 15) is 4.79 Å². The van der Waals surface area contributed by atoms with Crippen molar-refractivity contribution < 1.29 is 4.79 Å². The lowest BCUT2D eigenvalue weighted by molar-refractivity contribution is -0.147. The Labute approximate surface area is 226 Å². The van der Waals surface area contributed by atoms with Crippen LogP contribution in [0.3, 0.4) is 0 Å². The molecule has 3 aliphatic rings. The molecule has 1 atom stereocenters. The molecule has 3 aromatic rings. The van der Waals surface area contributed by atoms with Crippen molar-refractivity contribution in [1.29, 1.82) is 0 Å². The molecule has 1 amide bonds. The molecule has 2 aliphatic carbocycles. The maximum absolute atomic E-state index is 14.1. The minimum atomic E-state index is -0.214. The fraction of sp³-hybridized carbons (Fsp3) is 0.531. The summed E-state index contributed by atoms with van der Waals surface area (Å²) in [6.45, 7) is 0.850. The number of nitrogens with zero attached hydrogens (tertiary/aromatic N) is 2. The van der Waals surface area contributed by atoms with Crippen molar-refractivity contribution in [2.24, 2.45) is 11.8 Å². The molecule has 2 aromatic carbocycles. The standard InChI is InChI=1S/C32H40ClN3O/c1-35(2)29(22-12-14-25(33)15-13-22)23-16-19-32(20-17-23)30-27(26-10-6-7-11-28(26)34-30)18-21-36(32)31(37)24-8-4-3-5-9-24/h6-7,10-15,23-24,29,34H,3-5,8-9,16-21H2,1-2H3. The van der Waals surface area contributed by atoms with Gasteiger partial charge in [0.1, 0.15) is 0 Å². The van der Waals surface area contributed by atoms with Gasteiger partial charge in [-0.1, -0.05) is 61.2 Å². The van der Waals surface area contributed by atoms with Crippen LogP contribution in [0.2, 0.25) is 5.02 Å². The summed E-state index contributed by atoms with van der Waals surface area (Å²) >= 11 is 6.22. The molecule has 2 saturated carbocycles. The summed E-state index contributed by atoms with van der Waals surface area (Å²) in [6, 6.07) is 17.5. The molecule has 37 heavy (non-hydrogen) atoms. The summed E-state index contributed by atoms with van der Waals surface area (Å²) in [4.78, 5) is 22.7. The van der Waals surface area contributed by atoms with Crippen molar-refractivity contribution in [3.05, 3.63) is 70.4 Å². The van der Waals surface area contributed by atoms with Crippen molar-refractivity contribution in [2.75, 3.05) is 20.6 Å². The van der Waals surface area contributed by atoms with Gasteiger partial charge < -0.3 is 14.8 Å². The van der Waals surface area contributed by atoms with Gasteiger partial charge in [-0.2, -0.15) is 0 Å². The molecule has 1 spiro atoms. The Hall–Kier alpha value is -2.30. The van der Waals surface area contributed by atoms with E-state index in [0.717, 1.165) is 56.5 Å². The highest BCUT2D eigenvalue weighted by molar-refractivity contribution is 6.30. The molecule has 1 aliphatic heterocycles. The van der Waals surface area contributed by atoms with E-state index in [1.54, 1.807) is 0 Å². The van der Waals surface area contributed by atoms with Crippen LogP contribution >= 0.6 is 11.6 Å². The lowest BCUT2D eigenvalue weighted by Crippen LogP contribution is -2.57. The second kappa shape index (κ2) is 10.1. The van der Waals surface area contributed by atoms with Gasteiger partial charge in [-0.3, -0.25) is 4.79 Å². The highest BCUT2D eigenvalue weighted by atomic mass is 35.5. The number of aromatic nitrogens is 1. The first kappa shape index (κ1) is 25.0. The highest BCUT2D eigenvalue weighted by Gasteiger charge is 2.50. The first-order valence-corrected chi connectivity index (χ1v) is 14.7. The zero-order valence-corrected chi connectivity index (χ0v) is 23.1. The Bertz CT molecular complexity index is 1250. The second-order valence-corrected chi connectivity index (χ2v) is 12.4. The zero-order valence-electron chi connectivity index (χ0n) is 22.3. The number of benzene rings is 2. The Balaban J connectivity index is 1.35. The number of nitrogens with one attached hydrogen (secondary N) is 1. The molecular weight excluding hydrogens is 478 g/mol. The van der Waals surface area contributed by atoms with E-state index in [0.29, 0.717) is 17.9 Å². The van der Waals surface area contributed by atoms with Crippen LogP contribution in [0.15, 0.2) is 48.5 Å². The molecule has 5 heteroatoms. The van der Waals surface area contributed by atoms with Crippen molar-refractivity contribution >= 4 is 28.4 Å². The summed E-state index contributed by atoms with van der Waals surface area (Å²) in [6.07, 6.45) is 11.0. The largest absolute Gasteiger partial charge is 0.356 e. The lowest BCUT2D eigenvalue weighted by Gasteiger charge is -2.52. The van der Waals surface area contributed by atoms with Gasteiger partial charge in [0.15, 0.2) is 0 Å². The molecule has 4 nitrogen and oxygen atoms in total. The molecule has 0 saturated heterocycles. The first-order chi connectivity index (χ1) is 18.0. The fourth-order valence-electron chi connectivity index (χ4n) is 7.93. The SMILES string of the molecule is CN(C)C(c1ccc(Cl)cc1)C1CCC2(CC1)c1[nH]c3ccccc3c1CCN2C(=O)C1CCCCC1. The molecule has 196 valence electrons. The Morgan fingerprint density at radius 1 is 1.00 bits per heavy atom. The average Bonchev–Trinajstić information content (AvgIpc) is 3.31. The molecule has 1 aromatic heterocycles. The molecular formula is C32H40ClN3O. The van der Waals surface area contributed by atoms with Gasteiger partial charge in [-0.05, 0) is 94.3 Å². The predicted molar refractivity (Wildman–Crippen MR) is 152 cm³/mol. The minimum Gasteiger partial charge on any atom is -0.356 e. The molecule has 2 heterocycles. The van der Waals surface area contributed by atoms with Gasteiger partial charge in [0.25, 0.3) is 0 Å². The lowest BCUT2D eigenvalue weighted by atomic mass is 9.67. The van der Waals surface area contributed by atoms with E-state index < -0.39 is 0 Å². The summed E-state index contributed by atoms with van der Waals surface area (Å²) < 4.78 is 0. The van der Waals surface area contributed by atoms with Crippen LogP contribution in [-0.4, -0.2) is 41.3 Å². The Morgan fingerprint density at radius 2 is 1.70 bits per heavy atom. The van der Waals surface area contributed by atoms with Crippen LogP contribution in [0.4, 0.5) is 0 Å². The number of rotatable bonds is 4. The number of carbonyl (C=O) groups is 1. The second-order valence-electron chi connectivity index (χ2n) is 11.9. The van der Waals surface area contributed by atoms with Crippen molar-refractivity contribution in [2.45, 2.75) is 75.8 Å². The molecule has 2 fully saturated rings. The maximum atomic E-state index is 14.1. The van der Waals surface area contributed by atoms with Gasteiger partial charge in [0.2, 0.25) is 5.91 Å². The maximum Gasteiger partial charge on any atom is 0.226 e. The number of fused-ring (bicyclic) bond motifs is 4. The van der Waals surface area contributed by atoms with Gasteiger partial charge in [0.05, 0.1) is 5.54 Å². The van der Waals surface area contributed by atoms with E-state index in [1.807, 2.05) is 12.1 Å². The summed E-state index contributed by atoms with van der Waals surface area (Å²) in [5.74, 6) is 1.17. The average molecular weight is 518 g/mol. The quantitative estimate of drug-likeness (QED) is 0.389. The molecule has 6 rings (SSSR count). The van der Waals surface area contributed by atoms with E-state index >= 15 is 0 Å². The number of halogens is 1. The van der Waals surface area contributed by atoms with E-state index in [1.165, 1.54) is 47.0 Å². The normalized spacial score (nSPS) is 25.5. The smallest absolute Gasteiger partial charge is 0.226 e. The van der Waals surface area contributed by atoms with Crippen LogP contribution in [0.5, 0.6) is 0 Å². The third kappa shape index (κ3) is 4.40. The molecule has 0 radical (unpaired) electrons. The van der Waals surface area contributed by atoms with Gasteiger partial charge >= 0.3 is 0 Å². The Morgan fingerprint density at radius 3 is 2.41 bits per heavy atom. The van der Waals surface area contributed by atoms with Gasteiger partial charge in [0, 0.05) is 40.1 Å². The number of H-pyrrole nitrogens is 1. The number of hydrogen-bond acceptors (Lipinski definition) is 2. The van der Waals surface area contributed by atoms with Crippen molar-refractivity contribution in [1.82, 2.24) is 14.8 Å². The van der Waals surface area contributed by atoms with Crippen LogP contribution in [0, 0.1) is 11.8 Å². The third-order valence-electron chi connectivity index (χ3n) is 9.67. The topological polar surface area (TPSA) is 39.3 Å². The number of aromatic amines is 1. The summed E-state index contributed by atoms with van der Waals surface area (Å²) in [5, 5.41) is 2.13. The van der Waals surface area contributed by atoms with E-state index in [4.69, 9.17) is 11.6 Å². The number of carbonyl (C=O) groups excluding carboxylic acids is 1. The van der Waals surface area contributed by atoms with Gasteiger partial charge in [-0.25, -0.2) is 0 Å². The molecule has 1 unspecified atom stereocenters. The predicted octanol–water partition coefficient (Wildman–Crippen LogP) is 7.47. The van der Waals surface area contributed by atoms with Crippen LogP contribution < -0.4 is 0 Å². The molecule has 1 N–H and O–H groups in total. The number of hydrogen-bond donors (Lipinski definition) is 1.